The van der Waals surface area contributed by atoms with E-state index in [1.807, 2.05) is 45.0 Å². The number of aliphatic hydroxyl groups excluding tert-OH is 1. The van der Waals surface area contributed by atoms with Crippen LogP contribution in [0.5, 0.6) is 5.75 Å². The number of hydrogen-bond donors (Lipinski definition) is 2. The Morgan fingerprint density at radius 3 is 2.35 bits per heavy atom. The molecule has 2 N–H and O–H groups in total. The second-order valence-corrected chi connectivity index (χ2v) is 5.29. The summed E-state index contributed by atoms with van der Waals surface area (Å²) in [6.07, 6.45) is 0.211. The van der Waals surface area contributed by atoms with Gasteiger partial charge in [0.2, 0.25) is 5.91 Å². The Hall–Kier alpha value is -1.55. The summed E-state index contributed by atoms with van der Waals surface area (Å²) in [4.78, 5) is 12.2. The fourth-order valence-corrected chi connectivity index (χ4v) is 1.97. The summed E-state index contributed by atoms with van der Waals surface area (Å²) in [5.41, 5.74) is 0.963. The summed E-state index contributed by atoms with van der Waals surface area (Å²) >= 11 is 0. The monoisotopic (exact) mass is 279 g/mol. The summed E-state index contributed by atoms with van der Waals surface area (Å²) < 4.78 is 5.11. The van der Waals surface area contributed by atoms with E-state index in [4.69, 9.17) is 4.74 Å². The molecular formula is C16H25NO3. The Kier molecular flexibility index (Phi) is 6.52. The van der Waals surface area contributed by atoms with Crippen LogP contribution in [0.25, 0.3) is 0 Å². The number of aliphatic hydroxyl groups is 1. The molecule has 1 rings (SSSR count). The highest BCUT2D eigenvalue weighted by Gasteiger charge is 2.20. The standard InChI is InChI=1S/C16H25NO3/c1-5-14(12-6-8-13(20-4)9-7-12)16(19)17-10-15(18)11(2)3/h6-9,11,14-15,18H,5,10H2,1-4H3,(H,17,19). The second kappa shape index (κ2) is 7.90. The maximum Gasteiger partial charge on any atom is 0.227 e. The lowest BCUT2D eigenvalue weighted by atomic mass is 9.95. The first-order valence-electron chi connectivity index (χ1n) is 7.09. The van der Waals surface area contributed by atoms with Crippen LogP contribution >= 0.6 is 0 Å². The number of rotatable bonds is 7. The highest BCUT2D eigenvalue weighted by molar-refractivity contribution is 5.83. The van der Waals surface area contributed by atoms with Crippen LogP contribution in [-0.4, -0.2) is 30.8 Å². The Morgan fingerprint density at radius 1 is 1.30 bits per heavy atom. The van der Waals surface area contributed by atoms with Gasteiger partial charge in [-0.05, 0) is 30.0 Å². The summed E-state index contributed by atoms with van der Waals surface area (Å²) in [6, 6.07) is 7.53. The minimum Gasteiger partial charge on any atom is -0.497 e. The molecule has 0 fully saturated rings. The van der Waals surface area contributed by atoms with E-state index in [9.17, 15) is 9.90 Å². The van der Waals surface area contributed by atoms with Crippen LogP contribution in [0.3, 0.4) is 0 Å². The second-order valence-electron chi connectivity index (χ2n) is 5.29. The van der Waals surface area contributed by atoms with Crippen molar-refractivity contribution in [2.24, 2.45) is 5.92 Å². The van der Waals surface area contributed by atoms with Crippen LogP contribution in [0.15, 0.2) is 24.3 Å². The normalized spacial score (nSPS) is 13.9. The van der Waals surface area contributed by atoms with Crippen molar-refractivity contribution in [3.05, 3.63) is 29.8 Å². The quantitative estimate of drug-likeness (QED) is 0.805. The fraction of sp³-hybridized carbons (Fsp3) is 0.562. The van der Waals surface area contributed by atoms with Gasteiger partial charge in [0.05, 0.1) is 19.1 Å². The topological polar surface area (TPSA) is 58.6 Å². The lowest BCUT2D eigenvalue weighted by Gasteiger charge is -2.19. The van der Waals surface area contributed by atoms with Crippen molar-refractivity contribution >= 4 is 5.91 Å². The average molecular weight is 279 g/mol. The molecule has 0 aliphatic rings. The SMILES string of the molecule is CCC(C(=O)NCC(O)C(C)C)c1ccc(OC)cc1. The van der Waals surface area contributed by atoms with E-state index in [1.165, 1.54) is 0 Å². The van der Waals surface area contributed by atoms with E-state index >= 15 is 0 Å². The van der Waals surface area contributed by atoms with Crippen LogP contribution in [-0.2, 0) is 4.79 Å². The molecule has 1 amide bonds. The third-order valence-electron chi connectivity index (χ3n) is 3.50. The zero-order valence-electron chi connectivity index (χ0n) is 12.7. The lowest BCUT2D eigenvalue weighted by molar-refractivity contribution is -0.123. The van der Waals surface area contributed by atoms with Crippen LogP contribution in [0.1, 0.15) is 38.7 Å². The minimum absolute atomic E-state index is 0.0441. The molecule has 4 nitrogen and oxygen atoms in total. The van der Waals surface area contributed by atoms with Crippen molar-refractivity contribution in [3.8, 4) is 5.75 Å². The maximum atomic E-state index is 12.2. The van der Waals surface area contributed by atoms with Crippen molar-refractivity contribution in [2.45, 2.75) is 39.2 Å². The highest BCUT2D eigenvalue weighted by atomic mass is 16.5. The molecule has 1 aromatic rings. The molecule has 112 valence electrons. The van der Waals surface area contributed by atoms with Crippen LogP contribution in [0.2, 0.25) is 0 Å². The lowest BCUT2D eigenvalue weighted by Crippen LogP contribution is -2.37. The molecule has 0 aromatic heterocycles. The zero-order chi connectivity index (χ0) is 15.1. The van der Waals surface area contributed by atoms with Gasteiger partial charge in [0, 0.05) is 6.54 Å². The van der Waals surface area contributed by atoms with Crippen LogP contribution in [0, 0.1) is 5.92 Å². The van der Waals surface area contributed by atoms with Gasteiger partial charge in [-0.3, -0.25) is 4.79 Å². The predicted molar refractivity (Wildman–Crippen MR) is 79.9 cm³/mol. The van der Waals surface area contributed by atoms with Gasteiger partial charge in [-0.25, -0.2) is 0 Å². The number of carbonyl (C=O) groups excluding carboxylic acids is 1. The molecule has 0 saturated carbocycles. The number of methoxy groups -OCH3 is 1. The Labute approximate surface area is 121 Å². The molecule has 0 aliphatic carbocycles. The van der Waals surface area contributed by atoms with Crippen molar-refractivity contribution < 1.29 is 14.6 Å². The average Bonchev–Trinajstić information content (AvgIpc) is 2.46. The Morgan fingerprint density at radius 2 is 1.90 bits per heavy atom. The summed E-state index contributed by atoms with van der Waals surface area (Å²) in [5, 5.41) is 12.6. The zero-order valence-corrected chi connectivity index (χ0v) is 12.7. The largest absolute Gasteiger partial charge is 0.497 e. The van der Waals surface area contributed by atoms with Crippen molar-refractivity contribution in [1.29, 1.82) is 0 Å². The first kappa shape index (κ1) is 16.5. The van der Waals surface area contributed by atoms with Crippen molar-refractivity contribution in [2.75, 3.05) is 13.7 Å². The Bertz CT molecular complexity index is 414. The first-order valence-corrected chi connectivity index (χ1v) is 7.09. The van der Waals surface area contributed by atoms with E-state index in [2.05, 4.69) is 5.32 Å². The third-order valence-corrected chi connectivity index (χ3v) is 3.50. The smallest absolute Gasteiger partial charge is 0.227 e. The van der Waals surface area contributed by atoms with Crippen LogP contribution in [0.4, 0.5) is 0 Å². The van der Waals surface area contributed by atoms with Gasteiger partial charge in [-0.2, -0.15) is 0 Å². The molecule has 4 heteroatoms. The number of amides is 1. The van der Waals surface area contributed by atoms with Gasteiger partial charge in [0.1, 0.15) is 5.75 Å². The van der Waals surface area contributed by atoms with E-state index in [-0.39, 0.29) is 17.7 Å². The molecule has 2 unspecified atom stereocenters. The summed E-state index contributed by atoms with van der Waals surface area (Å²) in [5.74, 6) is 0.674. The number of benzene rings is 1. The first-order chi connectivity index (χ1) is 9.49. The molecule has 0 bridgehead atoms. The van der Waals surface area contributed by atoms with Gasteiger partial charge in [-0.15, -0.1) is 0 Å². The van der Waals surface area contributed by atoms with E-state index in [1.54, 1.807) is 7.11 Å². The van der Waals surface area contributed by atoms with E-state index in [0.29, 0.717) is 6.54 Å². The van der Waals surface area contributed by atoms with Gasteiger partial charge < -0.3 is 15.2 Å². The molecular weight excluding hydrogens is 254 g/mol. The molecule has 0 radical (unpaired) electrons. The van der Waals surface area contributed by atoms with E-state index < -0.39 is 6.10 Å². The van der Waals surface area contributed by atoms with Crippen molar-refractivity contribution in [1.82, 2.24) is 5.32 Å². The van der Waals surface area contributed by atoms with Gasteiger partial charge in [0.25, 0.3) is 0 Å². The fourth-order valence-electron chi connectivity index (χ4n) is 1.97. The number of hydrogen-bond acceptors (Lipinski definition) is 3. The molecule has 0 saturated heterocycles. The molecule has 0 aliphatic heterocycles. The molecule has 20 heavy (non-hydrogen) atoms. The van der Waals surface area contributed by atoms with Crippen molar-refractivity contribution in [3.63, 3.8) is 0 Å². The number of nitrogens with one attached hydrogen (secondary N) is 1. The molecule has 2 atom stereocenters. The summed E-state index contributed by atoms with van der Waals surface area (Å²) in [7, 11) is 1.62. The van der Waals surface area contributed by atoms with E-state index in [0.717, 1.165) is 17.7 Å². The minimum atomic E-state index is -0.507. The molecule has 0 spiro atoms. The summed E-state index contributed by atoms with van der Waals surface area (Å²) in [6.45, 7) is 6.13. The van der Waals surface area contributed by atoms with Crippen LogP contribution < -0.4 is 10.1 Å². The number of carbonyl (C=O) groups is 1. The maximum absolute atomic E-state index is 12.2. The van der Waals surface area contributed by atoms with Gasteiger partial charge in [0.15, 0.2) is 0 Å². The Balaban J connectivity index is 2.66. The molecule has 0 heterocycles. The predicted octanol–water partition coefficient (Wildman–Crippen LogP) is 2.32. The third kappa shape index (κ3) is 4.53. The molecule has 1 aromatic carbocycles. The number of ether oxygens (including phenoxy) is 1. The highest BCUT2D eigenvalue weighted by Crippen LogP contribution is 2.22. The van der Waals surface area contributed by atoms with Gasteiger partial charge in [-0.1, -0.05) is 32.9 Å². The van der Waals surface area contributed by atoms with Gasteiger partial charge >= 0.3 is 0 Å².